The molecule has 4 unspecified atom stereocenters. The number of nitrogens with one attached hydrogen (secondary N) is 1. The minimum Gasteiger partial charge on any atom is -0.833 e. The Morgan fingerprint density at radius 2 is 1.39 bits per heavy atom. The molecule has 0 heterocycles. The molecule has 21 heteroatoms. The Kier molecular flexibility index (Phi) is 28.9. The van der Waals surface area contributed by atoms with Crippen molar-refractivity contribution in [3.63, 3.8) is 0 Å². The van der Waals surface area contributed by atoms with Gasteiger partial charge in [0.1, 0.15) is 13.2 Å². The van der Waals surface area contributed by atoms with E-state index in [4.69, 9.17) is 4.89 Å². The Bertz CT molecular complexity index is 506. The standard InChI is InChI=1S/C5H11NO6P2.2C2H6O5P.CH4/c1-6-2-5(3-11-13(7)8)4-12-14(9)10;2*1-6-8(4,5)7-2-3;/h5-6H,2-4H2,1H3;2*2H2,1H3,(H,4,5);1H4/q;2*-1;/p-1. The van der Waals surface area contributed by atoms with Crippen LogP contribution in [0.15, 0.2) is 0 Å². The second-order valence-electron chi connectivity index (χ2n) is 4.24. The average molecular weight is 540 g/mol. The maximum absolute atomic E-state index is 10.1. The summed E-state index contributed by atoms with van der Waals surface area (Å²) in [6.45, 7) is -1.98. The van der Waals surface area contributed by atoms with Gasteiger partial charge >= 0.3 is 24.3 Å². The monoisotopic (exact) mass is 540 g/mol. The molecular weight excluding hydrogens is 514 g/mol. The molecule has 0 aliphatic carbocycles. The van der Waals surface area contributed by atoms with E-state index in [9.17, 15) is 43.2 Å². The maximum Gasteiger partial charge on any atom is 0.488 e. The topological polar surface area (TPSA) is 271 Å². The van der Waals surface area contributed by atoms with Crippen molar-refractivity contribution in [1.29, 1.82) is 0 Å². The van der Waals surface area contributed by atoms with E-state index in [-0.39, 0.29) is 26.6 Å². The second-order valence-corrected chi connectivity index (χ2v) is 8.73. The fourth-order valence-electron chi connectivity index (χ4n) is 1.02. The molecule has 17 nitrogen and oxygen atoms in total. The van der Waals surface area contributed by atoms with Gasteiger partial charge in [-0.2, -0.15) is 0 Å². The van der Waals surface area contributed by atoms with Gasteiger partial charge in [-0.15, -0.1) is 9.05 Å². The maximum atomic E-state index is 10.1. The van der Waals surface area contributed by atoms with Gasteiger partial charge in [-0.3, -0.25) is 9.09 Å². The van der Waals surface area contributed by atoms with Crippen LogP contribution in [0.5, 0.6) is 0 Å². The molecule has 0 bridgehead atoms. The van der Waals surface area contributed by atoms with Gasteiger partial charge in [0, 0.05) is 26.7 Å². The number of phosphoric ester groups is 2. The van der Waals surface area contributed by atoms with Crippen molar-refractivity contribution in [3.05, 3.63) is 0 Å². The first-order valence-corrected chi connectivity index (χ1v) is 12.3. The highest BCUT2D eigenvalue weighted by Crippen LogP contribution is 2.40. The summed E-state index contributed by atoms with van der Waals surface area (Å²) in [5.74, 6) is -0.319. The highest BCUT2D eigenvalue weighted by Gasteiger charge is 2.16. The lowest BCUT2D eigenvalue weighted by Crippen LogP contribution is -2.26. The van der Waals surface area contributed by atoms with Gasteiger partial charge in [-0.1, -0.05) is 7.43 Å². The van der Waals surface area contributed by atoms with E-state index in [1.165, 1.54) is 0 Å². The van der Waals surface area contributed by atoms with Crippen LogP contribution in [0.1, 0.15) is 7.43 Å². The number of rotatable bonds is 14. The van der Waals surface area contributed by atoms with Crippen molar-refractivity contribution in [2.24, 2.45) is 5.92 Å². The molecule has 0 fully saturated rings. The van der Waals surface area contributed by atoms with Crippen molar-refractivity contribution in [2.45, 2.75) is 7.43 Å². The smallest absolute Gasteiger partial charge is 0.488 e. The predicted octanol–water partition coefficient (Wildman–Crippen LogP) is -2.97. The lowest BCUT2D eigenvalue weighted by molar-refractivity contribution is -0.422. The van der Waals surface area contributed by atoms with Crippen molar-refractivity contribution in [1.82, 2.24) is 5.32 Å². The van der Waals surface area contributed by atoms with Crippen LogP contribution in [0.25, 0.3) is 0 Å². The fourth-order valence-corrected chi connectivity index (χ4v) is 2.16. The molecule has 2 N–H and O–H groups in total. The predicted molar refractivity (Wildman–Crippen MR) is 94.6 cm³/mol. The lowest BCUT2D eigenvalue weighted by atomic mass is 10.2. The van der Waals surface area contributed by atoms with Gasteiger partial charge in [0.25, 0.3) is 7.82 Å². The van der Waals surface area contributed by atoms with Gasteiger partial charge < -0.3 is 48.7 Å². The third kappa shape index (κ3) is 32.4. The summed E-state index contributed by atoms with van der Waals surface area (Å²) in [6.07, 6.45) is 0. The molecule has 0 rings (SSSR count). The van der Waals surface area contributed by atoms with Gasteiger partial charge in [0.05, 0.1) is 0 Å². The van der Waals surface area contributed by atoms with Crippen LogP contribution in [-0.2, 0) is 45.4 Å². The Morgan fingerprint density at radius 3 is 1.58 bits per heavy atom. The quantitative estimate of drug-likeness (QED) is 0.164. The number of hydrogen-bond acceptors (Lipinski definition) is 16. The molecule has 0 aromatic heterocycles. The SMILES string of the molecule is C.CNCC(CO[P+](=O)[O-])CO[P+](=O)[O-].COP(=O)(O)OC[O-].COP(=O)([O-])OC[O-]. The molecular formula is C10H26NO16P4-3. The van der Waals surface area contributed by atoms with Gasteiger partial charge in [-0.25, -0.2) is 4.57 Å². The van der Waals surface area contributed by atoms with E-state index in [1.807, 2.05) is 0 Å². The fraction of sp³-hybridized carbons (Fsp3) is 1.00. The van der Waals surface area contributed by atoms with Crippen LogP contribution in [0.3, 0.4) is 0 Å². The molecule has 190 valence electrons. The first-order valence-electron chi connectivity index (χ1n) is 7.20. The largest absolute Gasteiger partial charge is 0.833 e. The molecule has 4 atom stereocenters. The van der Waals surface area contributed by atoms with E-state index < -0.39 is 45.7 Å². The molecule has 0 saturated carbocycles. The molecule has 0 radical (unpaired) electrons. The summed E-state index contributed by atoms with van der Waals surface area (Å²) in [6, 6.07) is 0. The van der Waals surface area contributed by atoms with Crippen LogP contribution in [0, 0.1) is 5.92 Å². The van der Waals surface area contributed by atoms with Crippen molar-refractivity contribution < 1.29 is 75.2 Å². The van der Waals surface area contributed by atoms with Crippen LogP contribution in [0.2, 0.25) is 0 Å². The van der Waals surface area contributed by atoms with Gasteiger partial charge in [-0.05, 0) is 29.8 Å². The van der Waals surface area contributed by atoms with E-state index in [0.29, 0.717) is 6.54 Å². The minimum absolute atomic E-state index is 0. The van der Waals surface area contributed by atoms with Crippen molar-refractivity contribution in [2.75, 3.05) is 54.6 Å². The summed E-state index contributed by atoms with van der Waals surface area (Å²) in [5.41, 5.74) is 0. The second kappa shape index (κ2) is 23.3. The zero-order valence-electron chi connectivity index (χ0n) is 16.0. The number of phosphoric acid groups is 2. The highest BCUT2D eigenvalue weighted by molar-refractivity contribution is 7.47. The Balaban J connectivity index is -0.000000185. The Hall–Kier alpha value is 0.140. The van der Waals surface area contributed by atoms with E-state index in [1.54, 1.807) is 7.05 Å². The molecule has 0 saturated heterocycles. The molecule has 0 aromatic carbocycles. The normalized spacial score (nSPS) is 16.0. The molecule has 0 spiro atoms. The molecule has 0 amide bonds. The third-order valence-corrected chi connectivity index (χ3v) is 4.69. The van der Waals surface area contributed by atoms with Gasteiger partial charge in [0.2, 0.25) is 0 Å². The summed E-state index contributed by atoms with van der Waals surface area (Å²) in [5, 5.41) is 21.7. The molecule has 0 aliphatic heterocycles. The minimum atomic E-state index is -4.24. The van der Waals surface area contributed by atoms with Crippen molar-refractivity contribution >= 4 is 32.2 Å². The summed E-state index contributed by atoms with van der Waals surface area (Å²) in [4.78, 5) is 38.4. The lowest BCUT2D eigenvalue weighted by Gasteiger charge is -2.21. The van der Waals surface area contributed by atoms with E-state index in [2.05, 4.69) is 32.5 Å². The first kappa shape index (κ1) is 38.4. The van der Waals surface area contributed by atoms with Crippen molar-refractivity contribution in [3.8, 4) is 0 Å². The van der Waals surface area contributed by atoms with Gasteiger partial charge in [0.15, 0.2) is 0 Å². The summed E-state index contributed by atoms with van der Waals surface area (Å²) >= 11 is 0. The average Bonchev–Trinajstić information content (AvgIpc) is 2.65. The van der Waals surface area contributed by atoms with Crippen LogP contribution >= 0.6 is 32.2 Å². The van der Waals surface area contributed by atoms with Crippen LogP contribution < -0.4 is 30.2 Å². The molecule has 31 heavy (non-hydrogen) atoms. The molecule has 0 aliphatic rings. The zero-order chi connectivity index (χ0) is 24.2. The Morgan fingerprint density at radius 1 is 0.968 bits per heavy atom. The van der Waals surface area contributed by atoms with E-state index >= 15 is 0 Å². The summed E-state index contributed by atoms with van der Waals surface area (Å²) < 4.78 is 63.8. The van der Waals surface area contributed by atoms with Crippen LogP contribution in [-0.4, -0.2) is 59.5 Å². The van der Waals surface area contributed by atoms with E-state index in [0.717, 1.165) is 14.2 Å². The third-order valence-electron chi connectivity index (χ3n) is 2.21. The highest BCUT2D eigenvalue weighted by atomic mass is 31.2. The number of hydrogen-bond donors (Lipinski definition) is 2. The Labute approximate surface area is 181 Å². The zero-order valence-corrected chi connectivity index (χ0v) is 19.6. The first-order chi connectivity index (χ1) is 13.8. The molecule has 0 aromatic rings. The van der Waals surface area contributed by atoms with Crippen LogP contribution in [0.4, 0.5) is 0 Å². The summed E-state index contributed by atoms with van der Waals surface area (Å²) in [7, 11) is -10.5.